The fraction of sp³-hybridized carbons (Fsp3) is 0.0800. The van der Waals surface area contributed by atoms with Crippen LogP contribution in [-0.4, -0.2) is 21.7 Å². The minimum Gasteiger partial charge on any atom is -0.487 e. The number of carbonyl (C=O) groups is 2. The highest BCUT2D eigenvalue weighted by atomic mass is 35.5. The van der Waals surface area contributed by atoms with Crippen LogP contribution in [-0.2, 0) is 13.2 Å². The lowest BCUT2D eigenvalue weighted by atomic mass is 10.1. The molecule has 1 aliphatic heterocycles. The summed E-state index contributed by atoms with van der Waals surface area (Å²) in [6.45, 7) is 0.328. The van der Waals surface area contributed by atoms with Crippen molar-refractivity contribution in [3.05, 3.63) is 106 Å². The molecule has 152 valence electrons. The number of aromatic nitrogens is 1. The first-order chi connectivity index (χ1) is 15.1. The van der Waals surface area contributed by atoms with E-state index in [9.17, 15) is 9.59 Å². The number of pyridine rings is 1. The molecule has 2 amide bonds. The van der Waals surface area contributed by atoms with Crippen LogP contribution in [0.1, 0.15) is 32.0 Å². The zero-order valence-electron chi connectivity index (χ0n) is 16.4. The molecular weight excluding hydrogens is 412 g/mol. The Morgan fingerprint density at radius 2 is 1.55 bits per heavy atom. The van der Waals surface area contributed by atoms with Crippen molar-refractivity contribution in [1.82, 2.24) is 9.88 Å². The minimum atomic E-state index is -0.317. The molecule has 1 aliphatic rings. The van der Waals surface area contributed by atoms with E-state index in [1.165, 1.54) is 4.90 Å². The number of ether oxygens (including phenoxy) is 1. The van der Waals surface area contributed by atoms with E-state index in [1.807, 2.05) is 36.4 Å². The van der Waals surface area contributed by atoms with E-state index in [1.54, 1.807) is 42.5 Å². The Balaban J connectivity index is 1.39. The molecule has 0 bridgehead atoms. The molecule has 0 spiro atoms. The maximum absolute atomic E-state index is 12.7. The number of hydrogen-bond donors (Lipinski definition) is 0. The molecule has 0 atom stereocenters. The van der Waals surface area contributed by atoms with Gasteiger partial charge in [0.15, 0.2) is 0 Å². The molecule has 0 saturated heterocycles. The quantitative estimate of drug-likeness (QED) is 0.407. The average molecular weight is 429 g/mol. The van der Waals surface area contributed by atoms with Crippen molar-refractivity contribution in [2.75, 3.05) is 0 Å². The van der Waals surface area contributed by atoms with Crippen LogP contribution >= 0.6 is 11.6 Å². The standard InChI is InChI=1S/C25H17ClN2O3/c26-18-10-12-23(31-15-19-11-9-16-5-1-4-8-22(16)27-19)17(13-18)14-28-24(29)20-6-2-3-7-21(20)25(28)30/h1-13H,14-15H2. The van der Waals surface area contributed by atoms with Crippen LogP contribution in [0.2, 0.25) is 5.02 Å². The molecule has 0 saturated carbocycles. The van der Waals surface area contributed by atoms with Gasteiger partial charge in [-0.15, -0.1) is 0 Å². The summed E-state index contributed by atoms with van der Waals surface area (Å²) in [7, 11) is 0. The fourth-order valence-corrected chi connectivity index (χ4v) is 3.90. The zero-order chi connectivity index (χ0) is 21.4. The van der Waals surface area contributed by atoms with Crippen LogP contribution < -0.4 is 4.74 Å². The van der Waals surface area contributed by atoms with Crippen molar-refractivity contribution >= 4 is 34.3 Å². The number of imide groups is 1. The summed E-state index contributed by atoms with van der Waals surface area (Å²) in [5.74, 6) is -0.0821. The third-order valence-corrected chi connectivity index (χ3v) is 5.50. The molecule has 4 aromatic rings. The Morgan fingerprint density at radius 1 is 0.839 bits per heavy atom. The summed E-state index contributed by atoms with van der Waals surface area (Å²) >= 11 is 6.19. The van der Waals surface area contributed by atoms with E-state index in [-0.39, 0.29) is 25.0 Å². The first-order valence-electron chi connectivity index (χ1n) is 9.81. The Kier molecular flexibility index (Phi) is 4.88. The Morgan fingerprint density at radius 3 is 2.32 bits per heavy atom. The van der Waals surface area contributed by atoms with Gasteiger partial charge in [-0.1, -0.05) is 48.0 Å². The number of nitrogens with zero attached hydrogens (tertiary/aromatic N) is 2. The molecule has 5 nitrogen and oxygen atoms in total. The summed E-state index contributed by atoms with van der Waals surface area (Å²) in [5.41, 5.74) is 3.16. The molecule has 0 fully saturated rings. The summed E-state index contributed by atoms with van der Waals surface area (Å²) in [4.78, 5) is 31.3. The van der Waals surface area contributed by atoms with Crippen molar-refractivity contribution in [1.29, 1.82) is 0 Å². The monoisotopic (exact) mass is 428 g/mol. The van der Waals surface area contributed by atoms with E-state index in [0.29, 0.717) is 27.5 Å². The van der Waals surface area contributed by atoms with Gasteiger partial charge in [-0.2, -0.15) is 0 Å². The maximum Gasteiger partial charge on any atom is 0.261 e. The van der Waals surface area contributed by atoms with Crippen molar-refractivity contribution < 1.29 is 14.3 Å². The van der Waals surface area contributed by atoms with Gasteiger partial charge in [0.2, 0.25) is 0 Å². The van der Waals surface area contributed by atoms with Gasteiger partial charge in [0.1, 0.15) is 12.4 Å². The molecule has 3 aromatic carbocycles. The van der Waals surface area contributed by atoms with Crippen LogP contribution in [0, 0.1) is 0 Å². The third-order valence-electron chi connectivity index (χ3n) is 5.26. The predicted molar refractivity (Wildman–Crippen MR) is 118 cm³/mol. The first-order valence-corrected chi connectivity index (χ1v) is 10.2. The number of rotatable bonds is 5. The Bertz CT molecular complexity index is 1300. The molecule has 0 aliphatic carbocycles. The van der Waals surface area contributed by atoms with Crippen LogP contribution in [0.4, 0.5) is 0 Å². The van der Waals surface area contributed by atoms with Crippen molar-refractivity contribution in [3.8, 4) is 5.75 Å². The number of hydrogen-bond acceptors (Lipinski definition) is 4. The highest BCUT2D eigenvalue weighted by Crippen LogP contribution is 2.29. The van der Waals surface area contributed by atoms with Crippen molar-refractivity contribution in [2.24, 2.45) is 0 Å². The van der Waals surface area contributed by atoms with Crippen molar-refractivity contribution in [3.63, 3.8) is 0 Å². The molecule has 0 unspecified atom stereocenters. The van der Waals surface area contributed by atoms with Gasteiger partial charge in [-0.3, -0.25) is 14.5 Å². The lowest BCUT2D eigenvalue weighted by Gasteiger charge is -2.17. The molecule has 0 radical (unpaired) electrons. The van der Waals surface area contributed by atoms with E-state index in [2.05, 4.69) is 4.98 Å². The average Bonchev–Trinajstić information content (AvgIpc) is 3.03. The maximum atomic E-state index is 12.7. The molecule has 5 rings (SSSR count). The lowest BCUT2D eigenvalue weighted by Crippen LogP contribution is -2.29. The van der Waals surface area contributed by atoms with Gasteiger partial charge in [-0.05, 0) is 42.5 Å². The largest absolute Gasteiger partial charge is 0.487 e. The third kappa shape index (κ3) is 3.64. The van der Waals surface area contributed by atoms with Gasteiger partial charge in [0, 0.05) is 16.0 Å². The highest BCUT2D eigenvalue weighted by molar-refractivity contribution is 6.30. The van der Waals surface area contributed by atoms with Crippen LogP contribution in [0.25, 0.3) is 10.9 Å². The first kappa shape index (κ1) is 19.3. The molecule has 1 aromatic heterocycles. The number of carbonyl (C=O) groups excluding carboxylic acids is 2. The molecule has 2 heterocycles. The van der Waals surface area contributed by atoms with E-state index < -0.39 is 0 Å². The molecule has 31 heavy (non-hydrogen) atoms. The summed E-state index contributed by atoms with van der Waals surface area (Å²) in [5, 5.41) is 1.56. The van der Waals surface area contributed by atoms with Gasteiger partial charge in [-0.25, -0.2) is 4.98 Å². The summed E-state index contributed by atoms with van der Waals surface area (Å²) in [6.07, 6.45) is 0. The van der Waals surface area contributed by atoms with Crippen LogP contribution in [0.15, 0.2) is 78.9 Å². The number of fused-ring (bicyclic) bond motifs is 2. The molecular formula is C25H17ClN2O3. The molecule has 6 heteroatoms. The second kappa shape index (κ2) is 7.85. The Hall–Kier alpha value is -3.70. The van der Waals surface area contributed by atoms with Gasteiger partial charge >= 0.3 is 0 Å². The van der Waals surface area contributed by atoms with Crippen molar-refractivity contribution in [2.45, 2.75) is 13.2 Å². The van der Waals surface area contributed by atoms with Crippen LogP contribution in [0.5, 0.6) is 5.75 Å². The number of para-hydroxylation sites is 1. The van der Waals surface area contributed by atoms with Gasteiger partial charge < -0.3 is 4.74 Å². The lowest BCUT2D eigenvalue weighted by molar-refractivity contribution is 0.0641. The predicted octanol–water partition coefficient (Wildman–Crippen LogP) is 5.26. The summed E-state index contributed by atoms with van der Waals surface area (Å²) < 4.78 is 6.01. The molecule has 0 N–H and O–H groups in total. The second-order valence-electron chi connectivity index (χ2n) is 7.28. The van der Waals surface area contributed by atoms with E-state index >= 15 is 0 Å². The zero-order valence-corrected chi connectivity index (χ0v) is 17.2. The number of amides is 2. The van der Waals surface area contributed by atoms with E-state index in [4.69, 9.17) is 16.3 Å². The normalized spacial score (nSPS) is 13.0. The second-order valence-corrected chi connectivity index (χ2v) is 7.71. The van der Waals surface area contributed by atoms with Gasteiger partial charge in [0.05, 0.1) is 28.9 Å². The smallest absolute Gasteiger partial charge is 0.261 e. The SMILES string of the molecule is O=C1c2ccccc2C(=O)N1Cc1cc(Cl)ccc1OCc1ccc2ccccc2n1. The number of benzene rings is 3. The van der Waals surface area contributed by atoms with E-state index in [0.717, 1.165) is 16.6 Å². The topological polar surface area (TPSA) is 59.5 Å². The number of halogens is 1. The fourth-order valence-electron chi connectivity index (χ4n) is 3.71. The Labute approximate surface area is 183 Å². The minimum absolute atomic E-state index is 0.0768. The highest BCUT2D eigenvalue weighted by Gasteiger charge is 2.35. The van der Waals surface area contributed by atoms with Crippen LogP contribution in [0.3, 0.4) is 0 Å². The summed E-state index contributed by atoms with van der Waals surface area (Å²) in [6, 6.07) is 23.8. The van der Waals surface area contributed by atoms with Gasteiger partial charge in [0.25, 0.3) is 11.8 Å².